The van der Waals surface area contributed by atoms with Crippen LogP contribution in [0.5, 0.6) is 0 Å². The first-order valence-electron chi connectivity index (χ1n) is 2.22. The lowest BCUT2D eigenvalue weighted by atomic mass is 10.5. The Morgan fingerprint density at radius 2 is 2.33 bits per heavy atom. The molecule has 1 N–H and O–H groups in total. The first kappa shape index (κ1) is 7.68. The second kappa shape index (κ2) is 4.83. The number of carboxylic acid groups (broad SMARTS) is 1. The Hall–Kier alpha value is -1.32. The molecule has 0 fully saturated rings. The molecule has 0 heterocycles. The third-order valence-corrected chi connectivity index (χ3v) is 0.521. The number of carboxylic acids is 1. The van der Waals surface area contributed by atoms with E-state index in [1.807, 2.05) is 0 Å². The second-order valence-electron chi connectivity index (χ2n) is 1.17. The van der Waals surface area contributed by atoms with Crippen LogP contribution in [-0.2, 0) is 14.3 Å². The van der Waals surface area contributed by atoms with E-state index in [1.54, 1.807) is 0 Å². The molecule has 50 valence electrons. The van der Waals surface area contributed by atoms with Crippen molar-refractivity contribution in [2.75, 3.05) is 6.61 Å². The lowest BCUT2D eigenvalue weighted by Crippen LogP contribution is -1.90. The molecule has 0 aliphatic rings. The van der Waals surface area contributed by atoms with Crippen molar-refractivity contribution in [1.82, 2.24) is 0 Å². The zero-order valence-corrected chi connectivity index (χ0v) is 4.61. The summed E-state index contributed by atoms with van der Waals surface area (Å²) in [5.74, 6) is -1.05. The van der Waals surface area contributed by atoms with Crippen molar-refractivity contribution in [3.63, 3.8) is 0 Å². The number of hydrogen-bond acceptors (Lipinski definition) is 3. The van der Waals surface area contributed by atoms with Crippen molar-refractivity contribution >= 4 is 12.4 Å². The molecule has 4 nitrogen and oxygen atoms in total. The molecule has 0 rings (SSSR count). The van der Waals surface area contributed by atoms with Crippen molar-refractivity contribution in [2.24, 2.45) is 0 Å². The monoisotopic (exact) mass is 130 g/mol. The molecule has 0 amide bonds. The molecule has 0 spiro atoms. The fraction of sp³-hybridized carbons (Fsp3) is 0.200. The Morgan fingerprint density at radius 1 is 1.67 bits per heavy atom. The summed E-state index contributed by atoms with van der Waals surface area (Å²) in [6, 6.07) is 0. The van der Waals surface area contributed by atoms with Gasteiger partial charge in [-0.05, 0) is 6.08 Å². The summed E-state index contributed by atoms with van der Waals surface area (Å²) in [5, 5.41) is 7.98. The first-order valence-corrected chi connectivity index (χ1v) is 2.22. The van der Waals surface area contributed by atoms with Crippen LogP contribution in [0, 0.1) is 0 Å². The van der Waals surface area contributed by atoms with Crippen LogP contribution in [0.25, 0.3) is 0 Å². The van der Waals surface area contributed by atoms with Gasteiger partial charge in [-0.15, -0.1) is 0 Å². The van der Waals surface area contributed by atoms with E-state index in [-0.39, 0.29) is 13.1 Å². The van der Waals surface area contributed by atoms with E-state index in [4.69, 9.17) is 5.11 Å². The topological polar surface area (TPSA) is 63.6 Å². The van der Waals surface area contributed by atoms with Crippen molar-refractivity contribution in [3.8, 4) is 0 Å². The summed E-state index contributed by atoms with van der Waals surface area (Å²) in [7, 11) is 0. The minimum absolute atomic E-state index is 0.00972. The molecular formula is C5H6O4. The summed E-state index contributed by atoms with van der Waals surface area (Å²) in [5.41, 5.74) is 0. The van der Waals surface area contributed by atoms with Gasteiger partial charge in [0.1, 0.15) is 6.61 Å². The average molecular weight is 130 g/mol. The van der Waals surface area contributed by atoms with Crippen LogP contribution < -0.4 is 0 Å². The maximum atomic E-state index is 9.73. The van der Waals surface area contributed by atoms with E-state index in [9.17, 15) is 9.59 Å². The lowest BCUT2D eigenvalue weighted by Gasteiger charge is -1.85. The molecule has 0 aromatic heterocycles. The van der Waals surface area contributed by atoms with Crippen LogP contribution in [-0.4, -0.2) is 24.2 Å². The molecule has 0 aromatic rings. The van der Waals surface area contributed by atoms with Crippen molar-refractivity contribution in [2.45, 2.75) is 0 Å². The molecule has 0 aliphatic heterocycles. The van der Waals surface area contributed by atoms with E-state index in [0.717, 1.165) is 6.08 Å². The van der Waals surface area contributed by atoms with Crippen LogP contribution in [0.3, 0.4) is 0 Å². The lowest BCUT2D eigenvalue weighted by molar-refractivity contribution is -0.132. The first-order chi connectivity index (χ1) is 4.27. The van der Waals surface area contributed by atoms with E-state index in [2.05, 4.69) is 4.74 Å². The third-order valence-electron chi connectivity index (χ3n) is 0.521. The molecule has 0 atom stereocenters. The van der Waals surface area contributed by atoms with Gasteiger partial charge in [0.2, 0.25) is 0 Å². The summed E-state index contributed by atoms with van der Waals surface area (Å²) in [6.07, 6.45) is 2.14. The fourth-order valence-electron chi connectivity index (χ4n) is 0.244. The molecule has 0 saturated carbocycles. The zero-order chi connectivity index (χ0) is 7.11. The average Bonchev–Trinajstić information content (AvgIpc) is 1.80. The number of rotatable bonds is 4. The second-order valence-corrected chi connectivity index (χ2v) is 1.17. The Bertz CT molecular complexity index is 127. The van der Waals surface area contributed by atoms with Crippen molar-refractivity contribution < 1.29 is 19.4 Å². The molecule has 0 aromatic carbocycles. The number of aliphatic carboxylic acids is 1. The van der Waals surface area contributed by atoms with Gasteiger partial charge in [0.15, 0.2) is 0 Å². The third kappa shape index (κ3) is 6.68. The Labute approximate surface area is 51.7 Å². The van der Waals surface area contributed by atoms with Gasteiger partial charge in [-0.3, -0.25) is 4.79 Å². The van der Waals surface area contributed by atoms with Gasteiger partial charge in [0, 0.05) is 6.08 Å². The van der Waals surface area contributed by atoms with Gasteiger partial charge in [-0.2, -0.15) is 0 Å². The highest BCUT2D eigenvalue weighted by Crippen LogP contribution is 1.73. The minimum Gasteiger partial charge on any atom is -0.478 e. The molecule has 0 aliphatic carbocycles. The standard InChI is InChI=1S/C5H6O4/c6-4-9-3-1-2-5(7)8/h1-2,4H,3H2,(H,7,8)/b2-1+. The summed E-state index contributed by atoms with van der Waals surface area (Å²) < 4.78 is 4.15. The molecule has 0 radical (unpaired) electrons. The van der Waals surface area contributed by atoms with Gasteiger partial charge in [-0.25, -0.2) is 4.79 Å². The van der Waals surface area contributed by atoms with Crippen molar-refractivity contribution in [1.29, 1.82) is 0 Å². The zero-order valence-electron chi connectivity index (χ0n) is 4.61. The quantitative estimate of drug-likeness (QED) is 0.325. The van der Waals surface area contributed by atoms with Crippen LogP contribution >= 0.6 is 0 Å². The maximum Gasteiger partial charge on any atom is 0.328 e. The van der Waals surface area contributed by atoms with Gasteiger partial charge in [-0.1, -0.05) is 0 Å². The smallest absolute Gasteiger partial charge is 0.328 e. The van der Waals surface area contributed by atoms with Crippen LogP contribution in [0.1, 0.15) is 0 Å². The number of carbonyl (C=O) groups excluding carboxylic acids is 1. The highest BCUT2D eigenvalue weighted by molar-refractivity contribution is 5.79. The number of hydrogen-bond donors (Lipinski definition) is 1. The Kier molecular flexibility index (Phi) is 4.12. The minimum atomic E-state index is -1.05. The fourth-order valence-corrected chi connectivity index (χ4v) is 0.244. The summed E-state index contributed by atoms with van der Waals surface area (Å²) in [4.78, 5) is 19.2. The van der Waals surface area contributed by atoms with E-state index in [1.165, 1.54) is 6.08 Å². The van der Waals surface area contributed by atoms with Crippen LogP contribution in [0.15, 0.2) is 12.2 Å². The summed E-state index contributed by atoms with van der Waals surface area (Å²) >= 11 is 0. The largest absolute Gasteiger partial charge is 0.478 e. The maximum absolute atomic E-state index is 9.73. The summed E-state index contributed by atoms with van der Waals surface area (Å²) in [6.45, 7) is 0.266. The van der Waals surface area contributed by atoms with Gasteiger partial charge < -0.3 is 9.84 Å². The van der Waals surface area contributed by atoms with Gasteiger partial charge >= 0.3 is 5.97 Å². The number of carbonyl (C=O) groups is 2. The number of ether oxygens (including phenoxy) is 1. The van der Waals surface area contributed by atoms with E-state index < -0.39 is 5.97 Å². The predicted octanol–water partition coefficient (Wildman–Crippen LogP) is -0.200. The predicted molar refractivity (Wildman–Crippen MR) is 28.8 cm³/mol. The normalized spacial score (nSPS) is 9.33. The van der Waals surface area contributed by atoms with E-state index >= 15 is 0 Å². The SMILES string of the molecule is O=COC/C=C/C(=O)O. The van der Waals surface area contributed by atoms with Crippen LogP contribution in [0.2, 0.25) is 0 Å². The van der Waals surface area contributed by atoms with Crippen molar-refractivity contribution in [3.05, 3.63) is 12.2 Å². The van der Waals surface area contributed by atoms with E-state index in [0.29, 0.717) is 0 Å². The molecular weight excluding hydrogens is 124 g/mol. The molecule has 0 saturated heterocycles. The Balaban J connectivity index is 3.24. The molecule has 0 unspecified atom stereocenters. The van der Waals surface area contributed by atoms with Gasteiger partial charge in [0.05, 0.1) is 0 Å². The molecule has 9 heavy (non-hydrogen) atoms. The highest BCUT2D eigenvalue weighted by atomic mass is 16.5. The highest BCUT2D eigenvalue weighted by Gasteiger charge is 1.82. The van der Waals surface area contributed by atoms with Crippen LogP contribution in [0.4, 0.5) is 0 Å². The van der Waals surface area contributed by atoms with Gasteiger partial charge in [0.25, 0.3) is 6.47 Å². The molecule has 4 heteroatoms. The molecule has 0 bridgehead atoms. The Morgan fingerprint density at radius 3 is 2.78 bits per heavy atom.